The van der Waals surface area contributed by atoms with Gasteiger partial charge in [0.25, 0.3) is 5.91 Å². The van der Waals surface area contributed by atoms with Crippen LogP contribution in [-0.2, 0) is 0 Å². The first-order valence-electron chi connectivity index (χ1n) is 6.40. The number of carbonyl (C=O) groups is 1. The first kappa shape index (κ1) is 13.8. The second kappa shape index (κ2) is 6.02. The molecule has 2 unspecified atom stereocenters. The number of hydrogen-bond acceptors (Lipinski definition) is 2. The van der Waals surface area contributed by atoms with Crippen molar-refractivity contribution in [1.29, 1.82) is 0 Å². The van der Waals surface area contributed by atoms with Crippen molar-refractivity contribution in [2.24, 2.45) is 11.7 Å². The molecule has 3 nitrogen and oxygen atoms in total. The van der Waals surface area contributed by atoms with Crippen molar-refractivity contribution in [3.05, 3.63) is 33.4 Å². The molecule has 4 heteroatoms. The van der Waals surface area contributed by atoms with Crippen molar-refractivity contribution in [3.63, 3.8) is 0 Å². The molecule has 0 radical (unpaired) electrons. The average Bonchev–Trinajstić information content (AvgIpc) is 2.37. The smallest absolute Gasteiger partial charge is 0.254 e. The number of piperidine rings is 1. The van der Waals surface area contributed by atoms with E-state index in [0.29, 0.717) is 12.5 Å². The van der Waals surface area contributed by atoms with Crippen molar-refractivity contribution < 1.29 is 4.79 Å². The Morgan fingerprint density at radius 2 is 2.33 bits per heavy atom. The maximum absolute atomic E-state index is 12.5. The Labute approximate surface area is 122 Å². The fraction of sp³-hybridized carbons (Fsp3) is 0.500. The quantitative estimate of drug-likeness (QED) is 0.826. The number of likely N-dealkylation sites (tertiary alicyclic amines) is 1. The van der Waals surface area contributed by atoms with Gasteiger partial charge >= 0.3 is 0 Å². The number of rotatable bonds is 2. The molecule has 1 aromatic carbocycles. The van der Waals surface area contributed by atoms with Crippen molar-refractivity contribution in [3.8, 4) is 0 Å². The van der Waals surface area contributed by atoms with E-state index in [2.05, 4.69) is 29.5 Å². The molecule has 1 aliphatic heterocycles. The number of benzene rings is 1. The van der Waals surface area contributed by atoms with Crippen molar-refractivity contribution >= 4 is 28.5 Å². The lowest BCUT2D eigenvalue weighted by molar-refractivity contribution is 0.0532. The summed E-state index contributed by atoms with van der Waals surface area (Å²) < 4.78 is 1.09. The molecule has 1 saturated heterocycles. The third-order valence-electron chi connectivity index (χ3n) is 3.69. The molecule has 1 amide bonds. The Balaban J connectivity index is 2.21. The summed E-state index contributed by atoms with van der Waals surface area (Å²) in [6.45, 7) is 3.57. The van der Waals surface area contributed by atoms with Crippen LogP contribution in [-0.4, -0.2) is 29.9 Å². The molecule has 1 aliphatic rings. The Hall–Kier alpha value is -0.620. The highest BCUT2D eigenvalue weighted by Gasteiger charge is 2.31. The molecular formula is C14H19IN2O. The highest BCUT2D eigenvalue weighted by Crippen LogP contribution is 2.24. The van der Waals surface area contributed by atoms with E-state index in [0.717, 1.165) is 28.5 Å². The van der Waals surface area contributed by atoms with Gasteiger partial charge in [-0.2, -0.15) is 0 Å². The van der Waals surface area contributed by atoms with Crippen molar-refractivity contribution in [1.82, 2.24) is 4.90 Å². The van der Waals surface area contributed by atoms with Crippen LogP contribution in [0.1, 0.15) is 30.1 Å². The zero-order valence-corrected chi connectivity index (χ0v) is 12.8. The summed E-state index contributed by atoms with van der Waals surface area (Å²) in [5, 5.41) is 0. The van der Waals surface area contributed by atoms with E-state index in [9.17, 15) is 4.79 Å². The van der Waals surface area contributed by atoms with Gasteiger partial charge in [-0.3, -0.25) is 4.79 Å². The Morgan fingerprint density at radius 3 is 3.00 bits per heavy atom. The third-order valence-corrected chi connectivity index (χ3v) is 4.36. The number of carbonyl (C=O) groups excluding carboxylic acids is 1. The fourth-order valence-electron chi connectivity index (χ4n) is 2.65. The van der Waals surface area contributed by atoms with E-state index in [1.165, 1.54) is 0 Å². The van der Waals surface area contributed by atoms with Gasteiger partial charge in [0.1, 0.15) is 0 Å². The number of amides is 1. The first-order chi connectivity index (χ1) is 8.63. The number of nitrogens with zero attached hydrogens (tertiary/aromatic N) is 1. The molecule has 0 saturated carbocycles. The van der Waals surface area contributed by atoms with E-state index in [4.69, 9.17) is 5.73 Å². The third kappa shape index (κ3) is 2.85. The van der Waals surface area contributed by atoms with Gasteiger partial charge in [0, 0.05) is 28.3 Å². The zero-order valence-electron chi connectivity index (χ0n) is 10.6. The monoisotopic (exact) mass is 358 g/mol. The fourth-order valence-corrected chi connectivity index (χ4v) is 3.19. The Bertz CT molecular complexity index is 436. The van der Waals surface area contributed by atoms with E-state index in [-0.39, 0.29) is 11.9 Å². The summed E-state index contributed by atoms with van der Waals surface area (Å²) in [5.74, 6) is 0.617. The van der Waals surface area contributed by atoms with Crippen LogP contribution in [0, 0.1) is 9.49 Å². The van der Waals surface area contributed by atoms with Crippen LogP contribution in [0.4, 0.5) is 0 Å². The standard InChI is InChI=1S/C14H19IN2O/c1-10-4-3-7-17(13(10)9-16)14(18)11-5-2-6-12(15)8-11/h2,5-6,8,10,13H,3-4,7,9,16H2,1H3. The Morgan fingerprint density at radius 1 is 1.56 bits per heavy atom. The van der Waals surface area contributed by atoms with Gasteiger partial charge in [-0.05, 0) is 59.5 Å². The maximum atomic E-state index is 12.5. The molecule has 2 N–H and O–H groups in total. The van der Waals surface area contributed by atoms with Gasteiger partial charge < -0.3 is 10.6 Å². The van der Waals surface area contributed by atoms with Gasteiger partial charge in [-0.1, -0.05) is 13.0 Å². The molecule has 98 valence electrons. The van der Waals surface area contributed by atoms with Crippen LogP contribution < -0.4 is 5.73 Å². The summed E-state index contributed by atoms with van der Waals surface area (Å²) in [6, 6.07) is 7.94. The van der Waals surface area contributed by atoms with E-state index in [1.807, 2.05) is 29.2 Å². The molecular weight excluding hydrogens is 339 g/mol. The summed E-state index contributed by atoms with van der Waals surface area (Å²) in [4.78, 5) is 14.5. The molecule has 0 aliphatic carbocycles. The minimum atomic E-state index is 0.121. The first-order valence-corrected chi connectivity index (χ1v) is 7.48. The van der Waals surface area contributed by atoms with Gasteiger partial charge in [0.2, 0.25) is 0 Å². The summed E-state index contributed by atoms with van der Waals surface area (Å²) in [5.41, 5.74) is 6.61. The normalized spacial score (nSPS) is 24.1. The van der Waals surface area contributed by atoms with Crippen LogP contribution >= 0.6 is 22.6 Å². The minimum Gasteiger partial charge on any atom is -0.334 e. The van der Waals surface area contributed by atoms with E-state index >= 15 is 0 Å². The van der Waals surface area contributed by atoms with Gasteiger partial charge in [0.05, 0.1) is 0 Å². The summed E-state index contributed by atoms with van der Waals surface area (Å²) in [6.07, 6.45) is 2.24. The number of hydrogen-bond donors (Lipinski definition) is 1. The topological polar surface area (TPSA) is 46.3 Å². The number of halogens is 1. The van der Waals surface area contributed by atoms with Crippen molar-refractivity contribution in [2.75, 3.05) is 13.1 Å². The molecule has 18 heavy (non-hydrogen) atoms. The lowest BCUT2D eigenvalue weighted by Crippen LogP contribution is -2.51. The molecule has 2 atom stereocenters. The van der Waals surface area contributed by atoms with Gasteiger partial charge in [-0.25, -0.2) is 0 Å². The largest absolute Gasteiger partial charge is 0.334 e. The average molecular weight is 358 g/mol. The molecule has 0 bridgehead atoms. The second-order valence-electron chi connectivity index (χ2n) is 4.93. The van der Waals surface area contributed by atoms with Crippen LogP contribution in [0.25, 0.3) is 0 Å². The molecule has 1 heterocycles. The van der Waals surface area contributed by atoms with Crippen molar-refractivity contribution in [2.45, 2.75) is 25.8 Å². The maximum Gasteiger partial charge on any atom is 0.254 e. The highest BCUT2D eigenvalue weighted by molar-refractivity contribution is 14.1. The SMILES string of the molecule is CC1CCCN(C(=O)c2cccc(I)c2)C1CN. The molecule has 1 aromatic rings. The lowest BCUT2D eigenvalue weighted by atomic mass is 9.90. The second-order valence-corrected chi connectivity index (χ2v) is 6.18. The Kier molecular flexibility index (Phi) is 4.61. The summed E-state index contributed by atoms with van der Waals surface area (Å²) >= 11 is 2.23. The van der Waals surface area contributed by atoms with Crippen LogP contribution in [0.5, 0.6) is 0 Å². The predicted octanol–water partition coefficient (Wildman–Crippen LogP) is 2.49. The van der Waals surface area contributed by atoms with Crippen LogP contribution in [0.2, 0.25) is 0 Å². The van der Waals surface area contributed by atoms with Gasteiger partial charge in [-0.15, -0.1) is 0 Å². The number of nitrogens with two attached hydrogens (primary N) is 1. The zero-order chi connectivity index (χ0) is 13.1. The molecule has 0 aromatic heterocycles. The molecule has 1 fully saturated rings. The molecule has 2 rings (SSSR count). The van der Waals surface area contributed by atoms with E-state index in [1.54, 1.807) is 0 Å². The predicted molar refractivity (Wildman–Crippen MR) is 81.4 cm³/mol. The molecule has 0 spiro atoms. The highest BCUT2D eigenvalue weighted by atomic mass is 127. The van der Waals surface area contributed by atoms with E-state index < -0.39 is 0 Å². The summed E-state index contributed by atoms with van der Waals surface area (Å²) in [7, 11) is 0. The van der Waals surface area contributed by atoms with Crippen LogP contribution in [0.15, 0.2) is 24.3 Å². The lowest BCUT2D eigenvalue weighted by Gasteiger charge is -2.39. The van der Waals surface area contributed by atoms with Gasteiger partial charge in [0.15, 0.2) is 0 Å². The minimum absolute atomic E-state index is 0.121. The van der Waals surface area contributed by atoms with Crippen LogP contribution in [0.3, 0.4) is 0 Å².